The van der Waals surface area contributed by atoms with Crippen LogP contribution in [0.1, 0.15) is 31.2 Å². The molecular weight excluding hydrogens is 510 g/mol. The van der Waals surface area contributed by atoms with E-state index in [4.69, 9.17) is 16.6 Å². The zero-order valence-corrected chi connectivity index (χ0v) is 20.6. The molecule has 0 fully saturated rings. The molecule has 0 bridgehead atoms. The van der Waals surface area contributed by atoms with Gasteiger partial charge in [0.2, 0.25) is 23.6 Å². The van der Waals surface area contributed by atoms with E-state index >= 15 is 0 Å². The van der Waals surface area contributed by atoms with Crippen molar-refractivity contribution < 1.29 is 44.1 Å². The van der Waals surface area contributed by atoms with Gasteiger partial charge in [0.05, 0.1) is 6.04 Å². The first-order valence-electron chi connectivity index (χ1n) is 11.1. The first-order valence-corrected chi connectivity index (χ1v) is 11.8. The van der Waals surface area contributed by atoms with Crippen molar-refractivity contribution in [3.05, 3.63) is 29.8 Å². The Kier molecular flexibility index (Phi) is 12.9. The van der Waals surface area contributed by atoms with Gasteiger partial charge in [-0.25, -0.2) is 4.79 Å². The molecule has 14 nitrogen and oxygen atoms in total. The highest BCUT2D eigenvalue weighted by Crippen LogP contribution is 2.12. The summed E-state index contributed by atoms with van der Waals surface area (Å²) in [7, 11) is 0. The third kappa shape index (κ3) is 11.6. The van der Waals surface area contributed by atoms with Crippen LogP contribution in [0.4, 0.5) is 0 Å². The van der Waals surface area contributed by atoms with Crippen LogP contribution in [0.5, 0.6) is 5.75 Å². The average molecular weight is 542 g/mol. The monoisotopic (exact) mass is 541 g/mol. The van der Waals surface area contributed by atoms with Gasteiger partial charge in [-0.15, -0.1) is 0 Å². The molecule has 15 heteroatoms. The van der Waals surface area contributed by atoms with Crippen LogP contribution in [0.2, 0.25) is 0 Å². The normalized spacial score (nSPS) is 13.9. The van der Waals surface area contributed by atoms with Gasteiger partial charge in [-0.3, -0.25) is 24.0 Å². The fourth-order valence-electron chi connectivity index (χ4n) is 3.05. The Balaban J connectivity index is 2.89. The lowest BCUT2D eigenvalue weighted by molar-refractivity contribution is -0.142. The Morgan fingerprint density at radius 2 is 1.35 bits per heavy atom. The number of aromatic hydroxyl groups is 1. The molecule has 4 amide bonds. The maximum atomic E-state index is 12.8. The first kappa shape index (κ1) is 31.2. The number of nitrogens with two attached hydrogens (primary N) is 2. The molecule has 0 heterocycles. The van der Waals surface area contributed by atoms with Gasteiger partial charge in [-0.05, 0) is 30.5 Å². The minimum atomic E-state index is -1.37. The molecule has 0 aromatic heterocycles. The number of rotatable bonds is 16. The van der Waals surface area contributed by atoms with Gasteiger partial charge in [0.25, 0.3) is 0 Å². The van der Waals surface area contributed by atoms with Crippen LogP contribution in [0.15, 0.2) is 24.3 Å². The summed E-state index contributed by atoms with van der Waals surface area (Å²) in [5, 5.41) is 34.6. The Hall–Kier alpha value is -3.85. The zero-order chi connectivity index (χ0) is 28.1. The van der Waals surface area contributed by atoms with E-state index in [0.29, 0.717) is 5.56 Å². The zero-order valence-electron chi connectivity index (χ0n) is 19.8. The highest BCUT2D eigenvalue weighted by Gasteiger charge is 2.30. The fraction of sp³-hybridized carbons (Fsp3) is 0.455. The van der Waals surface area contributed by atoms with Gasteiger partial charge in [0.15, 0.2) is 0 Å². The number of carbonyl (C=O) groups is 6. The Labute approximate surface area is 217 Å². The fourth-order valence-corrected chi connectivity index (χ4v) is 3.31. The third-order valence-corrected chi connectivity index (χ3v) is 5.49. The molecule has 37 heavy (non-hydrogen) atoms. The number of aliphatic carboxylic acids is 2. The van der Waals surface area contributed by atoms with E-state index in [1.54, 1.807) is 0 Å². The lowest BCUT2D eigenvalue weighted by Crippen LogP contribution is -2.58. The molecule has 0 aliphatic heterocycles. The molecule has 4 unspecified atom stereocenters. The summed E-state index contributed by atoms with van der Waals surface area (Å²) in [6, 6.07) is 0.422. The van der Waals surface area contributed by atoms with Gasteiger partial charge in [-0.1, -0.05) is 12.1 Å². The van der Waals surface area contributed by atoms with Gasteiger partial charge in [-0.2, -0.15) is 12.6 Å². The van der Waals surface area contributed by atoms with Crippen molar-refractivity contribution in [3.63, 3.8) is 0 Å². The molecule has 4 atom stereocenters. The summed E-state index contributed by atoms with van der Waals surface area (Å²) < 4.78 is 0. The number of phenols is 1. The van der Waals surface area contributed by atoms with Crippen molar-refractivity contribution in [3.8, 4) is 5.75 Å². The summed E-state index contributed by atoms with van der Waals surface area (Å²) >= 11 is 4.03. The molecule has 1 aromatic rings. The van der Waals surface area contributed by atoms with Crippen LogP contribution < -0.4 is 27.4 Å². The number of carbonyl (C=O) groups excluding carboxylic acids is 4. The van der Waals surface area contributed by atoms with Crippen molar-refractivity contribution in [1.29, 1.82) is 0 Å². The van der Waals surface area contributed by atoms with Gasteiger partial charge < -0.3 is 42.7 Å². The summed E-state index contributed by atoms with van der Waals surface area (Å²) in [4.78, 5) is 71.4. The van der Waals surface area contributed by atoms with Crippen LogP contribution in [0, 0.1) is 0 Å². The highest BCUT2D eigenvalue weighted by atomic mass is 32.1. The number of carboxylic acid groups (broad SMARTS) is 2. The maximum Gasteiger partial charge on any atom is 0.326 e. The molecule has 0 saturated carbocycles. The number of benzene rings is 1. The first-order chi connectivity index (χ1) is 17.3. The predicted octanol–water partition coefficient (Wildman–Crippen LogP) is -2.14. The molecule has 1 aromatic carbocycles. The highest BCUT2D eigenvalue weighted by molar-refractivity contribution is 7.80. The van der Waals surface area contributed by atoms with Crippen molar-refractivity contribution in [2.75, 3.05) is 5.75 Å². The minimum absolute atomic E-state index is 0.0154. The summed E-state index contributed by atoms with van der Waals surface area (Å²) in [5.74, 6) is -6.13. The van der Waals surface area contributed by atoms with Crippen LogP contribution in [0.25, 0.3) is 0 Å². The van der Waals surface area contributed by atoms with Crippen LogP contribution in [-0.4, -0.2) is 80.8 Å². The van der Waals surface area contributed by atoms with Gasteiger partial charge >= 0.3 is 11.9 Å². The molecule has 10 N–H and O–H groups in total. The number of amides is 4. The quantitative estimate of drug-likeness (QED) is 0.103. The topological polar surface area (TPSA) is 251 Å². The van der Waals surface area contributed by atoms with Crippen molar-refractivity contribution >= 4 is 48.2 Å². The molecule has 204 valence electrons. The minimum Gasteiger partial charge on any atom is -0.508 e. The van der Waals surface area contributed by atoms with E-state index in [2.05, 4.69) is 28.6 Å². The van der Waals surface area contributed by atoms with Crippen LogP contribution in [-0.2, 0) is 35.2 Å². The molecule has 0 aliphatic rings. The summed E-state index contributed by atoms with van der Waals surface area (Å²) in [6.07, 6.45) is -1.24. The van der Waals surface area contributed by atoms with Gasteiger partial charge in [0, 0.05) is 25.0 Å². The smallest absolute Gasteiger partial charge is 0.326 e. The van der Waals surface area contributed by atoms with Crippen molar-refractivity contribution in [2.24, 2.45) is 11.5 Å². The van der Waals surface area contributed by atoms with E-state index in [-0.39, 0.29) is 43.6 Å². The second-order valence-corrected chi connectivity index (χ2v) is 8.48. The number of primary amides is 1. The molecule has 0 radical (unpaired) electrons. The Morgan fingerprint density at radius 3 is 1.86 bits per heavy atom. The second-order valence-electron chi connectivity index (χ2n) is 8.12. The van der Waals surface area contributed by atoms with E-state index in [0.717, 1.165) is 0 Å². The molecule has 0 spiro atoms. The largest absolute Gasteiger partial charge is 0.508 e. The predicted molar refractivity (Wildman–Crippen MR) is 132 cm³/mol. The van der Waals surface area contributed by atoms with E-state index in [1.807, 2.05) is 0 Å². The van der Waals surface area contributed by atoms with Crippen molar-refractivity contribution in [1.82, 2.24) is 16.0 Å². The van der Waals surface area contributed by atoms with Gasteiger partial charge in [0.1, 0.15) is 23.9 Å². The lowest BCUT2D eigenvalue weighted by atomic mass is 10.1. The van der Waals surface area contributed by atoms with Crippen LogP contribution in [0.3, 0.4) is 0 Å². The number of thiol groups is 1. The average Bonchev–Trinajstić information content (AvgIpc) is 2.83. The Morgan fingerprint density at radius 1 is 0.811 bits per heavy atom. The summed E-state index contributed by atoms with van der Waals surface area (Å²) in [5.41, 5.74) is 11.3. The summed E-state index contributed by atoms with van der Waals surface area (Å²) in [6.45, 7) is 0. The molecule has 1 rings (SSSR count). The number of phenolic OH excluding ortho intramolecular Hbond substituents is 1. The number of hydrogen-bond acceptors (Lipinski definition) is 9. The van der Waals surface area contributed by atoms with Crippen molar-refractivity contribution in [2.45, 2.75) is 56.3 Å². The molecule has 0 aliphatic carbocycles. The van der Waals surface area contributed by atoms with E-state index in [1.165, 1.54) is 24.3 Å². The van der Waals surface area contributed by atoms with Crippen LogP contribution >= 0.6 is 12.6 Å². The van der Waals surface area contributed by atoms with E-state index < -0.39 is 59.7 Å². The third-order valence-electron chi connectivity index (χ3n) is 5.12. The number of carboxylic acids is 2. The second kappa shape index (κ2) is 15.3. The standard InChI is InChI=1S/C22H31N5O9S/c23-13(5-8-18(30)31)19(32)25-14(6-7-17(24)29)20(33)27-16(10-37)21(34)26-15(22(35)36)9-11-1-3-12(28)4-2-11/h1-4,13-16,28,37H,5-10,23H2,(H2,24,29)(H,25,32)(H,26,34)(H,27,33)(H,30,31)(H,35,36). The number of hydrogen-bond donors (Lipinski definition) is 9. The number of nitrogens with one attached hydrogen (secondary N) is 3. The lowest BCUT2D eigenvalue weighted by Gasteiger charge is -2.24. The maximum absolute atomic E-state index is 12.8. The molecular formula is C22H31N5O9S. The SMILES string of the molecule is NC(=O)CCC(NC(=O)C(N)CCC(=O)O)C(=O)NC(CS)C(=O)NC(Cc1ccc(O)cc1)C(=O)O. The van der Waals surface area contributed by atoms with E-state index in [9.17, 15) is 39.0 Å². The Bertz CT molecular complexity index is 989. The molecule has 0 saturated heterocycles.